The third-order valence-electron chi connectivity index (χ3n) is 4.87. The van der Waals surface area contributed by atoms with E-state index in [9.17, 15) is 18.0 Å². The Labute approximate surface area is 148 Å². The summed E-state index contributed by atoms with van der Waals surface area (Å²) in [7, 11) is -3.38. The smallest absolute Gasteiger partial charge is 0.227 e. The van der Waals surface area contributed by atoms with Crippen LogP contribution >= 0.6 is 0 Å². The average molecular weight is 365 g/mol. The highest BCUT2D eigenvalue weighted by molar-refractivity contribution is 7.88. The van der Waals surface area contributed by atoms with E-state index >= 15 is 0 Å². The zero-order valence-electron chi connectivity index (χ0n) is 14.3. The summed E-state index contributed by atoms with van der Waals surface area (Å²) in [5.41, 5.74) is 0.370. The van der Waals surface area contributed by atoms with Crippen LogP contribution in [0.3, 0.4) is 0 Å². The fraction of sp³-hybridized carbons (Fsp3) is 0.529. The Balaban J connectivity index is 1.80. The first-order valence-electron chi connectivity index (χ1n) is 8.31. The number of amides is 2. The number of carbonyl (C=O) groups excluding carboxylic acids is 2. The number of carbonyl (C=O) groups is 2. The van der Waals surface area contributed by atoms with E-state index in [2.05, 4.69) is 5.32 Å². The normalized spacial score (nSPS) is 25.0. The van der Waals surface area contributed by atoms with Gasteiger partial charge in [0.1, 0.15) is 0 Å². The summed E-state index contributed by atoms with van der Waals surface area (Å²) in [6, 6.07) is 9.47. The maximum atomic E-state index is 12.8. The average Bonchev–Trinajstić information content (AvgIpc) is 2.78. The minimum Gasteiger partial charge on any atom is -0.355 e. The van der Waals surface area contributed by atoms with E-state index in [1.54, 1.807) is 4.90 Å². The monoisotopic (exact) mass is 365 g/mol. The largest absolute Gasteiger partial charge is 0.355 e. The molecule has 0 aromatic heterocycles. The molecule has 2 aliphatic rings. The molecule has 0 radical (unpaired) electrons. The summed E-state index contributed by atoms with van der Waals surface area (Å²) >= 11 is 0. The highest BCUT2D eigenvalue weighted by atomic mass is 32.2. The first kappa shape index (κ1) is 17.9. The Morgan fingerprint density at radius 2 is 1.92 bits per heavy atom. The lowest BCUT2D eigenvalue weighted by Crippen LogP contribution is -2.45. The van der Waals surface area contributed by atoms with Gasteiger partial charge in [-0.05, 0) is 5.56 Å². The fourth-order valence-corrected chi connectivity index (χ4v) is 4.49. The summed E-state index contributed by atoms with van der Waals surface area (Å²) in [6.45, 7) is 1.65. The standard InChI is InChI=1S/C17H23N3O4S/c1-25(23,24)20-8-7-19(12-17(13-20)10-15(21)18-11-17)16(22)9-14-5-3-2-4-6-14/h2-6H,7-13H2,1H3,(H,18,21). The van der Waals surface area contributed by atoms with Gasteiger partial charge in [-0.25, -0.2) is 8.42 Å². The second-order valence-corrected chi connectivity index (χ2v) is 9.01. The molecule has 0 aliphatic carbocycles. The minimum absolute atomic E-state index is 0.0414. The summed E-state index contributed by atoms with van der Waals surface area (Å²) in [4.78, 5) is 26.2. The topological polar surface area (TPSA) is 86.8 Å². The molecule has 2 aliphatic heterocycles. The summed E-state index contributed by atoms with van der Waals surface area (Å²) in [5.74, 6) is -0.133. The summed E-state index contributed by atoms with van der Waals surface area (Å²) in [6.07, 6.45) is 1.69. The number of nitrogens with zero attached hydrogens (tertiary/aromatic N) is 2. The van der Waals surface area contributed by atoms with Crippen LogP contribution in [-0.2, 0) is 26.0 Å². The molecule has 2 saturated heterocycles. The number of hydrogen-bond acceptors (Lipinski definition) is 4. The Bertz CT molecular complexity index is 765. The SMILES string of the molecule is CS(=O)(=O)N1CCN(C(=O)Cc2ccccc2)CC2(CNC(=O)C2)C1. The van der Waals surface area contributed by atoms with Crippen LogP contribution in [0.2, 0.25) is 0 Å². The van der Waals surface area contributed by atoms with Crippen molar-refractivity contribution in [2.75, 3.05) is 39.0 Å². The summed E-state index contributed by atoms with van der Waals surface area (Å²) in [5, 5.41) is 2.79. The Kier molecular flexibility index (Phi) is 4.83. The van der Waals surface area contributed by atoms with Crippen molar-refractivity contribution in [2.45, 2.75) is 12.8 Å². The van der Waals surface area contributed by atoms with Gasteiger partial charge in [-0.1, -0.05) is 30.3 Å². The number of sulfonamides is 1. The van der Waals surface area contributed by atoms with Crippen LogP contribution in [0, 0.1) is 5.41 Å². The van der Waals surface area contributed by atoms with Gasteiger partial charge in [-0.2, -0.15) is 4.31 Å². The minimum atomic E-state index is -3.38. The van der Waals surface area contributed by atoms with Crippen molar-refractivity contribution < 1.29 is 18.0 Å². The molecule has 1 aromatic carbocycles. The van der Waals surface area contributed by atoms with Gasteiger partial charge in [0.15, 0.2) is 0 Å². The fourth-order valence-electron chi connectivity index (χ4n) is 3.57. The van der Waals surface area contributed by atoms with E-state index in [4.69, 9.17) is 0 Å². The van der Waals surface area contributed by atoms with Crippen LogP contribution in [0.5, 0.6) is 0 Å². The third-order valence-corrected chi connectivity index (χ3v) is 6.12. The molecular formula is C17H23N3O4S. The van der Waals surface area contributed by atoms with Gasteiger partial charge >= 0.3 is 0 Å². The van der Waals surface area contributed by atoms with E-state index in [1.165, 1.54) is 10.6 Å². The molecule has 1 aromatic rings. The predicted molar refractivity (Wildman–Crippen MR) is 93.2 cm³/mol. The van der Waals surface area contributed by atoms with E-state index in [0.717, 1.165) is 5.56 Å². The van der Waals surface area contributed by atoms with Crippen LogP contribution in [0.25, 0.3) is 0 Å². The molecule has 2 amide bonds. The zero-order valence-corrected chi connectivity index (χ0v) is 15.1. The molecule has 1 unspecified atom stereocenters. The maximum Gasteiger partial charge on any atom is 0.227 e. The lowest BCUT2D eigenvalue weighted by Gasteiger charge is -2.32. The second-order valence-electron chi connectivity index (χ2n) is 7.03. The van der Waals surface area contributed by atoms with Crippen molar-refractivity contribution >= 4 is 21.8 Å². The highest BCUT2D eigenvalue weighted by Crippen LogP contribution is 2.31. The van der Waals surface area contributed by atoms with Gasteiger partial charge in [0.2, 0.25) is 21.8 Å². The van der Waals surface area contributed by atoms with Crippen molar-refractivity contribution in [3.8, 4) is 0 Å². The van der Waals surface area contributed by atoms with E-state index in [1.807, 2.05) is 30.3 Å². The molecule has 7 nitrogen and oxygen atoms in total. The molecule has 2 fully saturated rings. The van der Waals surface area contributed by atoms with Crippen LogP contribution in [0.1, 0.15) is 12.0 Å². The van der Waals surface area contributed by atoms with E-state index in [0.29, 0.717) is 19.6 Å². The maximum absolute atomic E-state index is 12.8. The highest BCUT2D eigenvalue weighted by Gasteiger charge is 2.45. The van der Waals surface area contributed by atoms with Crippen molar-refractivity contribution in [1.29, 1.82) is 0 Å². The predicted octanol–water partition coefficient (Wildman–Crippen LogP) is -0.161. The van der Waals surface area contributed by atoms with Gasteiger partial charge < -0.3 is 10.2 Å². The van der Waals surface area contributed by atoms with Crippen LogP contribution in [0.4, 0.5) is 0 Å². The summed E-state index contributed by atoms with van der Waals surface area (Å²) < 4.78 is 25.5. The van der Waals surface area contributed by atoms with Crippen LogP contribution in [0.15, 0.2) is 30.3 Å². The van der Waals surface area contributed by atoms with Crippen LogP contribution < -0.4 is 5.32 Å². The number of benzene rings is 1. The molecule has 3 rings (SSSR count). The molecule has 8 heteroatoms. The number of nitrogens with one attached hydrogen (secondary N) is 1. The van der Waals surface area contributed by atoms with Crippen molar-refractivity contribution in [3.05, 3.63) is 35.9 Å². The van der Waals surface area contributed by atoms with Gasteiger partial charge in [0.05, 0.1) is 12.7 Å². The van der Waals surface area contributed by atoms with Gasteiger partial charge in [0, 0.05) is 44.6 Å². The van der Waals surface area contributed by atoms with E-state index in [-0.39, 0.29) is 37.7 Å². The van der Waals surface area contributed by atoms with Crippen molar-refractivity contribution in [1.82, 2.24) is 14.5 Å². The molecule has 1 N–H and O–H groups in total. The first-order valence-corrected chi connectivity index (χ1v) is 10.2. The number of hydrogen-bond donors (Lipinski definition) is 1. The van der Waals surface area contributed by atoms with Crippen LogP contribution in [-0.4, -0.2) is 68.4 Å². The van der Waals surface area contributed by atoms with Gasteiger partial charge in [0.25, 0.3) is 0 Å². The van der Waals surface area contributed by atoms with Crippen molar-refractivity contribution in [2.24, 2.45) is 5.41 Å². The number of rotatable bonds is 3. The molecular weight excluding hydrogens is 342 g/mol. The molecule has 2 heterocycles. The first-order chi connectivity index (χ1) is 11.8. The van der Waals surface area contributed by atoms with Gasteiger partial charge in [-0.15, -0.1) is 0 Å². The lowest BCUT2D eigenvalue weighted by molar-refractivity contribution is -0.131. The van der Waals surface area contributed by atoms with Crippen molar-refractivity contribution in [3.63, 3.8) is 0 Å². The third kappa shape index (κ3) is 4.19. The van der Waals surface area contributed by atoms with Gasteiger partial charge in [-0.3, -0.25) is 9.59 Å². The molecule has 0 saturated carbocycles. The molecule has 25 heavy (non-hydrogen) atoms. The molecule has 1 atom stereocenters. The lowest BCUT2D eigenvalue weighted by atomic mass is 9.86. The zero-order chi connectivity index (χ0) is 18.1. The molecule has 1 spiro atoms. The quantitative estimate of drug-likeness (QED) is 0.806. The molecule has 0 bridgehead atoms. The van der Waals surface area contributed by atoms with E-state index < -0.39 is 15.4 Å². The second kappa shape index (κ2) is 6.76. The molecule has 136 valence electrons. The Morgan fingerprint density at radius 3 is 2.52 bits per heavy atom. The Morgan fingerprint density at radius 1 is 1.20 bits per heavy atom. The Hall–Kier alpha value is -1.93.